The molecule has 1 aromatic rings. The fraction of sp³-hybridized carbons (Fsp3) is 0.438. The van der Waals surface area contributed by atoms with Crippen LogP contribution in [0.1, 0.15) is 25.3 Å². The van der Waals surface area contributed by atoms with Gasteiger partial charge in [-0.3, -0.25) is 4.90 Å². The van der Waals surface area contributed by atoms with E-state index >= 15 is 0 Å². The Labute approximate surface area is 134 Å². The molecule has 1 heterocycles. The zero-order valence-corrected chi connectivity index (χ0v) is 12.9. The van der Waals surface area contributed by atoms with Crippen LogP contribution < -0.4 is 0 Å². The topological polar surface area (TPSA) is 82.1 Å². The molecule has 1 amide bonds. The van der Waals surface area contributed by atoms with E-state index in [1.165, 1.54) is 4.90 Å². The summed E-state index contributed by atoms with van der Waals surface area (Å²) in [6, 6.07) is 8.42. The van der Waals surface area contributed by atoms with Gasteiger partial charge in [0.15, 0.2) is 0 Å². The van der Waals surface area contributed by atoms with E-state index in [1.807, 2.05) is 30.3 Å². The molecule has 0 N–H and O–H groups in total. The van der Waals surface area contributed by atoms with Crippen LogP contribution in [-0.4, -0.2) is 42.3 Å². The molecule has 1 fully saturated rings. The van der Waals surface area contributed by atoms with Crippen LogP contribution >= 0.6 is 0 Å². The summed E-state index contributed by atoms with van der Waals surface area (Å²) in [5, 5.41) is 0. The largest absolute Gasteiger partial charge is 0.516 e. The van der Waals surface area contributed by atoms with Crippen molar-refractivity contribution in [3.63, 3.8) is 0 Å². The molecule has 1 saturated heterocycles. The van der Waals surface area contributed by atoms with Crippen LogP contribution in [0.15, 0.2) is 30.3 Å². The maximum atomic E-state index is 12.1. The van der Waals surface area contributed by atoms with Gasteiger partial charge in [0.05, 0.1) is 6.61 Å². The van der Waals surface area contributed by atoms with Gasteiger partial charge in [-0.05, 0) is 25.3 Å². The number of amides is 1. The number of esters is 1. The molecule has 124 valence electrons. The first-order valence-corrected chi connectivity index (χ1v) is 7.47. The van der Waals surface area contributed by atoms with Crippen molar-refractivity contribution in [1.82, 2.24) is 4.90 Å². The summed E-state index contributed by atoms with van der Waals surface area (Å²) in [6.45, 7) is 2.22. The maximum absolute atomic E-state index is 12.1. The Hall–Kier alpha value is -2.57. The quantitative estimate of drug-likeness (QED) is 0.626. The van der Waals surface area contributed by atoms with E-state index in [0.29, 0.717) is 19.4 Å². The van der Waals surface area contributed by atoms with E-state index in [1.54, 1.807) is 6.92 Å². The summed E-state index contributed by atoms with van der Waals surface area (Å²) >= 11 is 0. The molecule has 23 heavy (non-hydrogen) atoms. The van der Waals surface area contributed by atoms with Gasteiger partial charge in [0.1, 0.15) is 12.6 Å². The molecule has 1 aliphatic heterocycles. The lowest BCUT2D eigenvalue weighted by molar-refractivity contribution is -0.144. The van der Waals surface area contributed by atoms with E-state index in [2.05, 4.69) is 9.47 Å². The number of benzene rings is 1. The Balaban J connectivity index is 1.88. The summed E-state index contributed by atoms with van der Waals surface area (Å²) in [6.07, 6.45) is -0.582. The summed E-state index contributed by atoms with van der Waals surface area (Å²) in [5.74, 6) is -0.794. The number of carbonyl (C=O) groups excluding carboxylic acids is 3. The number of likely N-dealkylation sites (tertiary alicyclic amines) is 1. The molecular weight excluding hydrogens is 302 g/mol. The van der Waals surface area contributed by atoms with E-state index in [9.17, 15) is 14.4 Å². The monoisotopic (exact) mass is 321 g/mol. The zero-order valence-electron chi connectivity index (χ0n) is 12.9. The third kappa shape index (κ3) is 4.70. The van der Waals surface area contributed by atoms with Crippen LogP contribution in [0.3, 0.4) is 0 Å². The van der Waals surface area contributed by atoms with Gasteiger partial charge in [0.25, 0.3) is 0 Å². The molecule has 0 aromatic heterocycles. The molecule has 1 aromatic carbocycles. The van der Waals surface area contributed by atoms with Crippen molar-refractivity contribution in [3.05, 3.63) is 35.9 Å². The molecule has 1 aliphatic rings. The smallest absolute Gasteiger partial charge is 0.445 e. The van der Waals surface area contributed by atoms with Crippen molar-refractivity contribution in [2.45, 2.75) is 32.4 Å². The fourth-order valence-electron chi connectivity index (χ4n) is 2.33. The van der Waals surface area contributed by atoms with Gasteiger partial charge in [0, 0.05) is 6.54 Å². The average molecular weight is 321 g/mol. The predicted molar refractivity (Wildman–Crippen MR) is 79.5 cm³/mol. The van der Waals surface area contributed by atoms with E-state index in [0.717, 1.165) is 5.56 Å². The molecule has 0 saturated carbocycles. The van der Waals surface area contributed by atoms with Gasteiger partial charge in [-0.25, -0.2) is 14.4 Å². The number of nitrogens with zero attached hydrogens (tertiary/aromatic N) is 1. The second kappa shape index (κ2) is 8.17. The van der Waals surface area contributed by atoms with Crippen LogP contribution in [-0.2, 0) is 25.6 Å². The number of hydrogen-bond acceptors (Lipinski definition) is 6. The van der Waals surface area contributed by atoms with Gasteiger partial charge in [0.2, 0.25) is 0 Å². The van der Waals surface area contributed by atoms with Crippen LogP contribution in [0.5, 0.6) is 0 Å². The molecule has 0 radical (unpaired) electrons. The Morgan fingerprint density at radius 1 is 1.17 bits per heavy atom. The minimum atomic E-state index is -1.05. The SMILES string of the molecule is CCOC(=O)OC(=O)C1CCCN1C(=O)OCc1ccccc1. The third-order valence-corrected chi connectivity index (χ3v) is 3.41. The Bertz CT molecular complexity index is 559. The molecule has 0 aliphatic carbocycles. The molecule has 7 heteroatoms. The van der Waals surface area contributed by atoms with Crippen molar-refractivity contribution in [3.8, 4) is 0 Å². The first-order valence-electron chi connectivity index (χ1n) is 7.47. The van der Waals surface area contributed by atoms with E-state index < -0.39 is 24.3 Å². The van der Waals surface area contributed by atoms with Crippen molar-refractivity contribution in [2.75, 3.05) is 13.2 Å². The van der Waals surface area contributed by atoms with Gasteiger partial charge in [-0.15, -0.1) is 0 Å². The number of hydrogen-bond donors (Lipinski definition) is 0. The van der Waals surface area contributed by atoms with Crippen LogP contribution in [0, 0.1) is 0 Å². The highest BCUT2D eigenvalue weighted by Gasteiger charge is 2.37. The molecule has 0 spiro atoms. The van der Waals surface area contributed by atoms with Gasteiger partial charge >= 0.3 is 18.2 Å². The van der Waals surface area contributed by atoms with Crippen LogP contribution in [0.2, 0.25) is 0 Å². The van der Waals surface area contributed by atoms with Crippen molar-refractivity contribution in [1.29, 1.82) is 0 Å². The van der Waals surface area contributed by atoms with Crippen molar-refractivity contribution in [2.24, 2.45) is 0 Å². The lowest BCUT2D eigenvalue weighted by atomic mass is 10.2. The number of carbonyl (C=O) groups is 3. The summed E-state index contributed by atoms with van der Waals surface area (Å²) in [5.41, 5.74) is 0.852. The summed E-state index contributed by atoms with van der Waals surface area (Å²) in [7, 11) is 0. The highest BCUT2D eigenvalue weighted by atomic mass is 16.7. The lowest BCUT2D eigenvalue weighted by Crippen LogP contribution is -2.42. The molecule has 7 nitrogen and oxygen atoms in total. The first kappa shape index (κ1) is 16.8. The Morgan fingerprint density at radius 2 is 1.91 bits per heavy atom. The highest BCUT2D eigenvalue weighted by Crippen LogP contribution is 2.20. The van der Waals surface area contributed by atoms with Crippen molar-refractivity contribution < 1.29 is 28.6 Å². The summed E-state index contributed by atoms with van der Waals surface area (Å²) < 4.78 is 14.3. The van der Waals surface area contributed by atoms with Gasteiger partial charge in [-0.1, -0.05) is 30.3 Å². The maximum Gasteiger partial charge on any atom is 0.516 e. The van der Waals surface area contributed by atoms with E-state index in [-0.39, 0.29) is 13.2 Å². The van der Waals surface area contributed by atoms with Crippen LogP contribution in [0.4, 0.5) is 9.59 Å². The second-order valence-corrected chi connectivity index (χ2v) is 5.00. The Morgan fingerprint density at radius 3 is 2.61 bits per heavy atom. The lowest BCUT2D eigenvalue weighted by Gasteiger charge is -2.22. The molecule has 2 rings (SSSR count). The molecule has 1 atom stereocenters. The summed E-state index contributed by atoms with van der Waals surface area (Å²) in [4.78, 5) is 36.6. The minimum Gasteiger partial charge on any atom is -0.445 e. The average Bonchev–Trinajstić information content (AvgIpc) is 3.03. The minimum absolute atomic E-state index is 0.111. The Kier molecular flexibility index (Phi) is 5.96. The van der Waals surface area contributed by atoms with Crippen molar-refractivity contribution >= 4 is 18.2 Å². The molecule has 0 bridgehead atoms. The molecular formula is C16H19NO6. The van der Waals surface area contributed by atoms with E-state index in [4.69, 9.17) is 4.74 Å². The van der Waals surface area contributed by atoms with Gasteiger partial charge < -0.3 is 14.2 Å². The normalized spacial score (nSPS) is 16.7. The fourth-order valence-corrected chi connectivity index (χ4v) is 2.33. The predicted octanol–water partition coefficient (Wildman–Crippen LogP) is 2.49. The number of rotatable bonds is 4. The van der Waals surface area contributed by atoms with Crippen LogP contribution in [0.25, 0.3) is 0 Å². The zero-order chi connectivity index (χ0) is 16.7. The molecule has 1 unspecified atom stereocenters. The van der Waals surface area contributed by atoms with Gasteiger partial charge in [-0.2, -0.15) is 0 Å². The number of ether oxygens (including phenoxy) is 3. The second-order valence-electron chi connectivity index (χ2n) is 5.00. The first-order chi connectivity index (χ1) is 11.1. The highest BCUT2D eigenvalue weighted by molar-refractivity contribution is 5.88. The standard InChI is InChI=1S/C16H19NO6/c1-2-21-16(20)23-14(18)13-9-6-10-17(13)15(19)22-11-12-7-4-3-5-8-12/h3-5,7-8,13H,2,6,9-11H2,1H3. The third-order valence-electron chi connectivity index (χ3n) is 3.41.